The van der Waals surface area contributed by atoms with Crippen LogP contribution >= 0.6 is 0 Å². The molecule has 0 atom stereocenters. The van der Waals surface area contributed by atoms with Gasteiger partial charge in [-0.15, -0.1) is 0 Å². The molecule has 0 unspecified atom stereocenters. The molecule has 0 fully saturated rings. The maximum atomic E-state index is 9.87. The largest absolute Gasteiger partial charge is 0.492 e. The van der Waals surface area contributed by atoms with Gasteiger partial charge in [0.05, 0.1) is 6.54 Å². The highest BCUT2D eigenvalue weighted by molar-refractivity contribution is 5.63. The molecule has 0 bridgehead atoms. The molecule has 2 aromatic carbocycles. The average Bonchev–Trinajstić information content (AvgIpc) is 2.45. The molecular formula is C15H13NO2. The molecule has 0 aliphatic heterocycles. The molecular weight excluding hydrogens is 226 g/mol. The number of rotatable bonds is 5. The highest BCUT2D eigenvalue weighted by atomic mass is 16.5. The molecule has 18 heavy (non-hydrogen) atoms. The van der Waals surface area contributed by atoms with E-state index in [4.69, 9.17) is 4.74 Å². The van der Waals surface area contributed by atoms with E-state index in [0.717, 1.165) is 11.3 Å². The minimum Gasteiger partial charge on any atom is -0.492 e. The smallest absolute Gasteiger partial charge is 0.235 e. The van der Waals surface area contributed by atoms with E-state index in [9.17, 15) is 4.79 Å². The van der Waals surface area contributed by atoms with Crippen molar-refractivity contribution in [2.24, 2.45) is 4.99 Å². The number of benzene rings is 2. The summed E-state index contributed by atoms with van der Waals surface area (Å²) in [5.41, 5.74) is 2.32. The van der Waals surface area contributed by atoms with Crippen molar-refractivity contribution < 1.29 is 9.53 Å². The number of hydrogen-bond acceptors (Lipinski definition) is 3. The van der Waals surface area contributed by atoms with Crippen LogP contribution in [0.25, 0.3) is 11.1 Å². The van der Waals surface area contributed by atoms with Crippen molar-refractivity contribution in [1.82, 2.24) is 0 Å². The molecule has 3 heteroatoms. The second kappa shape index (κ2) is 6.38. The van der Waals surface area contributed by atoms with Crippen LogP contribution in [0.2, 0.25) is 0 Å². The molecule has 2 aromatic rings. The molecule has 0 aliphatic carbocycles. The third-order valence-corrected chi connectivity index (χ3v) is 2.50. The van der Waals surface area contributed by atoms with Crippen molar-refractivity contribution in [2.45, 2.75) is 0 Å². The third kappa shape index (κ3) is 3.30. The Balaban J connectivity index is 1.99. The zero-order valence-electron chi connectivity index (χ0n) is 9.87. The van der Waals surface area contributed by atoms with Crippen molar-refractivity contribution in [3.63, 3.8) is 0 Å². The Morgan fingerprint density at radius 2 is 1.61 bits per heavy atom. The number of hydrogen-bond donors (Lipinski definition) is 0. The van der Waals surface area contributed by atoms with Crippen LogP contribution in [0.4, 0.5) is 0 Å². The first-order valence-electron chi connectivity index (χ1n) is 5.72. The molecule has 0 radical (unpaired) electrons. The first-order valence-corrected chi connectivity index (χ1v) is 5.72. The summed E-state index contributed by atoms with van der Waals surface area (Å²) in [6.07, 6.45) is 1.48. The summed E-state index contributed by atoms with van der Waals surface area (Å²) >= 11 is 0. The number of aliphatic imine (C=N–C) groups is 1. The van der Waals surface area contributed by atoms with E-state index in [-0.39, 0.29) is 0 Å². The number of ether oxygens (including phenoxy) is 1. The van der Waals surface area contributed by atoms with E-state index < -0.39 is 0 Å². The summed E-state index contributed by atoms with van der Waals surface area (Å²) in [4.78, 5) is 13.3. The quantitative estimate of drug-likeness (QED) is 0.457. The second-order valence-corrected chi connectivity index (χ2v) is 3.71. The van der Waals surface area contributed by atoms with E-state index >= 15 is 0 Å². The molecule has 0 N–H and O–H groups in total. The van der Waals surface area contributed by atoms with E-state index in [1.54, 1.807) is 0 Å². The lowest BCUT2D eigenvalue weighted by molar-refractivity contribution is 0.328. The Labute approximate surface area is 106 Å². The number of isocyanates is 1. The first kappa shape index (κ1) is 12.1. The minimum atomic E-state index is 0.337. The fraction of sp³-hybridized carbons (Fsp3) is 0.133. The van der Waals surface area contributed by atoms with E-state index in [0.29, 0.717) is 13.2 Å². The molecule has 0 heterocycles. The maximum absolute atomic E-state index is 9.87. The number of nitrogens with zero attached hydrogens (tertiary/aromatic N) is 1. The van der Waals surface area contributed by atoms with Crippen molar-refractivity contribution in [3.8, 4) is 16.9 Å². The molecule has 0 spiro atoms. The van der Waals surface area contributed by atoms with Gasteiger partial charge in [-0.2, -0.15) is 0 Å². The lowest BCUT2D eigenvalue weighted by atomic mass is 10.1. The molecule has 0 aliphatic rings. The van der Waals surface area contributed by atoms with Gasteiger partial charge >= 0.3 is 0 Å². The Bertz CT molecular complexity index is 528. The Hall–Kier alpha value is -2.38. The van der Waals surface area contributed by atoms with Crippen LogP contribution in [0.15, 0.2) is 59.6 Å². The highest BCUT2D eigenvalue weighted by Crippen LogP contribution is 2.21. The van der Waals surface area contributed by atoms with E-state index in [2.05, 4.69) is 17.1 Å². The normalized spacial score (nSPS) is 9.56. The molecule has 90 valence electrons. The van der Waals surface area contributed by atoms with Gasteiger partial charge in [0, 0.05) is 0 Å². The van der Waals surface area contributed by atoms with Gasteiger partial charge in [-0.1, -0.05) is 42.5 Å². The van der Waals surface area contributed by atoms with Crippen LogP contribution < -0.4 is 4.74 Å². The second-order valence-electron chi connectivity index (χ2n) is 3.71. The molecule has 0 aromatic heterocycles. The van der Waals surface area contributed by atoms with E-state index in [1.165, 1.54) is 11.6 Å². The molecule has 3 nitrogen and oxygen atoms in total. The van der Waals surface area contributed by atoms with Crippen molar-refractivity contribution in [2.75, 3.05) is 13.2 Å². The minimum absolute atomic E-state index is 0.337. The van der Waals surface area contributed by atoms with Crippen molar-refractivity contribution >= 4 is 6.08 Å². The van der Waals surface area contributed by atoms with Crippen LogP contribution in [0.3, 0.4) is 0 Å². The topological polar surface area (TPSA) is 38.7 Å². The van der Waals surface area contributed by atoms with Gasteiger partial charge in [0.15, 0.2) is 0 Å². The van der Waals surface area contributed by atoms with Crippen LogP contribution in [-0.2, 0) is 4.79 Å². The van der Waals surface area contributed by atoms with Gasteiger partial charge in [-0.05, 0) is 23.3 Å². The van der Waals surface area contributed by atoms with Crippen molar-refractivity contribution in [3.05, 3.63) is 54.6 Å². The van der Waals surface area contributed by atoms with Gasteiger partial charge < -0.3 is 4.74 Å². The molecule has 0 saturated heterocycles. The van der Waals surface area contributed by atoms with E-state index in [1.807, 2.05) is 42.5 Å². The van der Waals surface area contributed by atoms with Crippen LogP contribution in [0.1, 0.15) is 0 Å². The van der Waals surface area contributed by atoms with Gasteiger partial charge in [-0.25, -0.2) is 9.79 Å². The number of carbonyl (C=O) groups excluding carboxylic acids is 1. The van der Waals surface area contributed by atoms with Crippen molar-refractivity contribution in [1.29, 1.82) is 0 Å². The monoisotopic (exact) mass is 239 g/mol. The van der Waals surface area contributed by atoms with Crippen LogP contribution in [0, 0.1) is 0 Å². The summed E-state index contributed by atoms with van der Waals surface area (Å²) in [5, 5.41) is 0. The third-order valence-electron chi connectivity index (χ3n) is 2.50. The SMILES string of the molecule is O=C=NCCOc1ccc(-c2ccccc2)cc1. The van der Waals surface area contributed by atoms with Gasteiger partial charge in [-0.3, -0.25) is 0 Å². The Kier molecular flexibility index (Phi) is 4.28. The molecule has 0 saturated carbocycles. The summed E-state index contributed by atoms with van der Waals surface area (Å²) in [6, 6.07) is 18.0. The van der Waals surface area contributed by atoms with Crippen LogP contribution in [-0.4, -0.2) is 19.2 Å². The zero-order valence-corrected chi connectivity index (χ0v) is 9.87. The molecule has 0 amide bonds. The summed E-state index contributed by atoms with van der Waals surface area (Å²) < 4.78 is 5.43. The van der Waals surface area contributed by atoms with Gasteiger partial charge in [0.1, 0.15) is 12.4 Å². The lowest BCUT2D eigenvalue weighted by Crippen LogP contribution is -2.00. The predicted octanol–water partition coefficient (Wildman–Crippen LogP) is 3.07. The fourth-order valence-corrected chi connectivity index (χ4v) is 1.63. The Morgan fingerprint density at radius 1 is 0.944 bits per heavy atom. The van der Waals surface area contributed by atoms with Crippen LogP contribution in [0.5, 0.6) is 5.75 Å². The highest BCUT2D eigenvalue weighted by Gasteiger charge is 1.97. The fourth-order valence-electron chi connectivity index (χ4n) is 1.63. The standard InChI is InChI=1S/C15H13NO2/c17-12-16-10-11-18-15-8-6-14(7-9-15)13-4-2-1-3-5-13/h1-9H,10-11H2. The maximum Gasteiger partial charge on any atom is 0.235 e. The predicted molar refractivity (Wildman–Crippen MR) is 70.4 cm³/mol. The lowest BCUT2D eigenvalue weighted by Gasteiger charge is -2.05. The summed E-state index contributed by atoms with van der Waals surface area (Å²) in [7, 11) is 0. The van der Waals surface area contributed by atoms with Gasteiger partial charge in [0.25, 0.3) is 0 Å². The zero-order chi connectivity index (χ0) is 12.6. The van der Waals surface area contributed by atoms with Gasteiger partial charge in [0.2, 0.25) is 6.08 Å². The Morgan fingerprint density at radius 3 is 2.28 bits per heavy atom. The summed E-state index contributed by atoms with van der Waals surface area (Å²) in [6.45, 7) is 0.726. The summed E-state index contributed by atoms with van der Waals surface area (Å²) in [5.74, 6) is 0.774. The molecule has 2 rings (SSSR count). The average molecular weight is 239 g/mol. The first-order chi connectivity index (χ1) is 8.90.